The molecule has 0 aliphatic rings. The Morgan fingerprint density at radius 3 is 2.32 bits per heavy atom. The zero-order chi connectivity index (χ0) is 16.4. The molecule has 0 aliphatic carbocycles. The Morgan fingerprint density at radius 2 is 1.73 bits per heavy atom. The number of hydrogen-bond acceptors (Lipinski definition) is 2. The average molecular weight is 338 g/mol. The highest BCUT2D eigenvalue weighted by atomic mass is 35.5. The van der Waals surface area contributed by atoms with Crippen molar-refractivity contribution in [3.05, 3.63) is 64.7 Å². The maximum atomic E-state index is 12.4. The molecule has 0 aliphatic heterocycles. The lowest BCUT2D eigenvalue weighted by Crippen LogP contribution is -2.36. The summed E-state index contributed by atoms with van der Waals surface area (Å²) in [6.45, 7) is 6.13. The van der Waals surface area contributed by atoms with Gasteiger partial charge in [-0.25, -0.2) is 13.1 Å². The first kappa shape index (κ1) is 17.0. The summed E-state index contributed by atoms with van der Waals surface area (Å²) in [5.74, 6) is 0. The van der Waals surface area contributed by atoms with Gasteiger partial charge in [-0.2, -0.15) is 0 Å². The van der Waals surface area contributed by atoms with Crippen LogP contribution in [0.1, 0.15) is 25.0 Å². The lowest BCUT2D eigenvalue weighted by atomic mass is 9.85. The molecule has 0 aromatic heterocycles. The van der Waals surface area contributed by atoms with Crippen molar-refractivity contribution in [2.45, 2.75) is 31.1 Å². The maximum absolute atomic E-state index is 12.4. The van der Waals surface area contributed by atoms with Gasteiger partial charge in [-0.3, -0.25) is 0 Å². The standard InChI is InChI=1S/C17H20ClNO2S/c1-13-11-15(9-10-16(13)18)22(20,21)19-12-17(2,3)14-7-5-4-6-8-14/h4-11,19H,12H2,1-3H3. The van der Waals surface area contributed by atoms with E-state index in [-0.39, 0.29) is 10.3 Å². The van der Waals surface area contributed by atoms with Crippen molar-refractivity contribution in [2.75, 3.05) is 6.54 Å². The van der Waals surface area contributed by atoms with Gasteiger partial charge >= 0.3 is 0 Å². The van der Waals surface area contributed by atoms with Crippen molar-refractivity contribution in [2.24, 2.45) is 0 Å². The lowest BCUT2D eigenvalue weighted by molar-refractivity contribution is 0.501. The Labute approximate surface area is 137 Å². The summed E-state index contributed by atoms with van der Waals surface area (Å²) in [6.07, 6.45) is 0. The normalized spacial score (nSPS) is 12.4. The van der Waals surface area contributed by atoms with Crippen molar-refractivity contribution in [1.82, 2.24) is 4.72 Å². The van der Waals surface area contributed by atoms with Gasteiger partial charge in [0.2, 0.25) is 10.0 Å². The predicted molar refractivity (Wildman–Crippen MR) is 90.8 cm³/mol. The molecule has 0 atom stereocenters. The molecule has 2 rings (SSSR count). The van der Waals surface area contributed by atoms with Crippen LogP contribution in [-0.2, 0) is 15.4 Å². The summed E-state index contributed by atoms with van der Waals surface area (Å²) < 4.78 is 27.5. The molecule has 0 unspecified atom stereocenters. The molecule has 3 nitrogen and oxygen atoms in total. The van der Waals surface area contributed by atoms with Crippen LogP contribution in [0.5, 0.6) is 0 Å². The summed E-state index contributed by atoms with van der Waals surface area (Å²) in [7, 11) is -3.55. The van der Waals surface area contributed by atoms with E-state index in [9.17, 15) is 8.42 Å². The van der Waals surface area contributed by atoms with E-state index in [2.05, 4.69) is 4.72 Å². The van der Waals surface area contributed by atoms with E-state index in [4.69, 9.17) is 11.6 Å². The molecule has 0 spiro atoms. The lowest BCUT2D eigenvalue weighted by Gasteiger charge is -2.25. The molecule has 118 valence electrons. The van der Waals surface area contributed by atoms with Gasteiger partial charge in [-0.05, 0) is 36.2 Å². The molecule has 0 heterocycles. The Kier molecular flexibility index (Phi) is 4.95. The third kappa shape index (κ3) is 3.88. The number of nitrogens with one attached hydrogen (secondary N) is 1. The molecule has 0 saturated carbocycles. The first-order valence-corrected chi connectivity index (χ1v) is 8.90. The zero-order valence-electron chi connectivity index (χ0n) is 12.9. The van der Waals surface area contributed by atoms with Crippen molar-refractivity contribution >= 4 is 21.6 Å². The molecule has 2 aromatic carbocycles. The Morgan fingerprint density at radius 1 is 1.09 bits per heavy atom. The van der Waals surface area contributed by atoms with Crippen LogP contribution in [-0.4, -0.2) is 15.0 Å². The highest BCUT2D eigenvalue weighted by Crippen LogP contribution is 2.23. The largest absolute Gasteiger partial charge is 0.240 e. The fourth-order valence-corrected chi connectivity index (χ4v) is 3.55. The van der Waals surface area contributed by atoms with Gasteiger partial charge in [0.15, 0.2) is 0 Å². The number of sulfonamides is 1. The van der Waals surface area contributed by atoms with Gasteiger partial charge in [-0.1, -0.05) is 55.8 Å². The molecule has 22 heavy (non-hydrogen) atoms. The SMILES string of the molecule is Cc1cc(S(=O)(=O)NCC(C)(C)c2ccccc2)ccc1Cl. The van der Waals surface area contributed by atoms with Gasteiger partial charge < -0.3 is 0 Å². The van der Waals surface area contributed by atoms with Crippen LogP contribution in [0.15, 0.2) is 53.4 Å². The number of hydrogen-bond donors (Lipinski definition) is 1. The minimum Gasteiger partial charge on any atom is -0.210 e. The molecule has 5 heteroatoms. The summed E-state index contributed by atoms with van der Waals surface area (Å²) in [5, 5.41) is 0.559. The average Bonchev–Trinajstić information content (AvgIpc) is 2.49. The summed E-state index contributed by atoms with van der Waals surface area (Å²) in [5.41, 5.74) is 1.53. The van der Waals surface area contributed by atoms with Gasteiger partial charge in [0.1, 0.15) is 0 Å². The highest BCUT2D eigenvalue weighted by molar-refractivity contribution is 7.89. The van der Waals surface area contributed by atoms with Gasteiger partial charge in [-0.15, -0.1) is 0 Å². The third-order valence-electron chi connectivity index (χ3n) is 3.70. The second-order valence-electron chi connectivity index (χ2n) is 5.99. The Hall–Kier alpha value is -1.36. The van der Waals surface area contributed by atoms with Crippen molar-refractivity contribution < 1.29 is 8.42 Å². The quantitative estimate of drug-likeness (QED) is 0.899. The first-order chi connectivity index (χ1) is 10.2. The number of rotatable bonds is 5. The van der Waals surface area contributed by atoms with Crippen molar-refractivity contribution in [3.8, 4) is 0 Å². The fraction of sp³-hybridized carbons (Fsp3) is 0.294. The second-order valence-corrected chi connectivity index (χ2v) is 8.16. The zero-order valence-corrected chi connectivity index (χ0v) is 14.5. The topological polar surface area (TPSA) is 46.2 Å². The molecule has 0 amide bonds. The summed E-state index contributed by atoms with van der Waals surface area (Å²) >= 11 is 5.95. The van der Waals surface area contributed by atoms with E-state index >= 15 is 0 Å². The van der Waals surface area contributed by atoms with Crippen LogP contribution in [0.4, 0.5) is 0 Å². The van der Waals surface area contributed by atoms with Gasteiger partial charge in [0.25, 0.3) is 0 Å². The van der Waals surface area contributed by atoms with E-state index < -0.39 is 10.0 Å². The van der Waals surface area contributed by atoms with Crippen molar-refractivity contribution in [3.63, 3.8) is 0 Å². The van der Waals surface area contributed by atoms with E-state index in [1.54, 1.807) is 19.1 Å². The third-order valence-corrected chi connectivity index (χ3v) is 5.52. The van der Waals surface area contributed by atoms with E-state index in [1.807, 2.05) is 44.2 Å². The second kappa shape index (κ2) is 6.41. The molecule has 0 bridgehead atoms. The molecule has 0 fully saturated rings. The minimum atomic E-state index is -3.55. The van der Waals surface area contributed by atoms with E-state index in [1.165, 1.54) is 6.07 Å². The van der Waals surface area contributed by atoms with Crippen molar-refractivity contribution in [1.29, 1.82) is 0 Å². The van der Waals surface area contributed by atoms with Crippen LogP contribution in [0.3, 0.4) is 0 Å². The molecule has 0 saturated heterocycles. The van der Waals surface area contributed by atoms with E-state index in [0.29, 0.717) is 11.6 Å². The van der Waals surface area contributed by atoms with Gasteiger partial charge in [0.05, 0.1) is 4.90 Å². The predicted octanol–water partition coefficient (Wildman–Crippen LogP) is 3.90. The Balaban J connectivity index is 2.17. The van der Waals surface area contributed by atoms with Crippen LogP contribution >= 0.6 is 11.6 Å². The smallest absolute Gasteiger partial charge is 0.210 e. The first-order valence-electron chi connectivity index (χ1n) is 7.04. The Bertz CT molecular complexity index is 755. The number of benzene rings is 2. The molecule has 2 aromatic rings. The summed E-state index contributed by atoms with van der Waals surface area (Å²) in [4.78, 5) is 0.235. The van der Waals surface area contributed by atoms with Crippen LogP contribution in [0, 0.1) is 6.92 Å². The van der Waals surface area contributed by atoms with Crippen LogP contribution < -0.4 is 4.72 Å². The number of halogens is 1. The molecule has 1 N–H and O–H groups in total. The number of aryl methyl sites for hydroxylation is 1. The monoisotopic (exact) mass is 337 g/mol. The summed E-state index contributed by atoms with van der Waals surface area (Å²) in [6, 6.07) is 14.6. The fourth-order valence-electron chi connectivity index (χ4n) is 2.13. The minimum absolute atomic E-state index is 0.235. The van der Waals surface area contributed by atoms with Crippen LogP contribution in [0.2, 0.25) is 5.02 Å². The van der Waals surface area contributed by atoms with Crippen LogP contribution in [0.25, 0.3) is 0 Å². The maximum Gasteiger partial charge on any atom is 0.240 e. The van der Waals surface area contributed by atoms with Gasteiger partial charge in [0, 0.05) is 17.0 Å². The molecular formula is C17H20ClNO2S. The molecular weight excluding hydrogens is 318 g/mol. The molecule has 0 radical (unpaired) electrons. The van der Waals surface area contributed by atoms with E-state index in [0.717, 1.165) is 11.1 Å². The highest BCUT2D eigenvalue weighted by Gasteiger charge is 2.24.